The number of rotatable bonds is 3. The van der Waals surface area contributed by atoms with Gasteiger partial charge in [-0.25, -0.2) is 9.18 Å². The maximum Gasteiger partial charge on any atom is 0.343 e. The van der Waals surface area contributed by atoms with Crippen LogP contribution < -0.4 is 4.74 Å². The molecule has 21 heavy (non-hydrogen) atoms. The molecule has 0 amide bonds. The predicted molar refractivity (Wildman–Crippen MR) is 77.2 cm³/mol. The molecule has 0 spiro atoms. The predicted octanol–water partition coefficient (Wildman–Crippen LogP) is 3.95. The molecule has 3 nitrogen and oxygen atoms in total. The first-order chi connectivity index (χ1) is 10.0. The third-order valence-corrected chi connectivity index (χ3v) is 2.88. The third kappa shape index (κ3) is 3.34. The van der Waals surface area contributed by atoms with Crippen LogP contribution >= 0.6 is 0 Å². The molecule has 0 aliphatic heterocycles. The van der Waals surface area contributed by atoms with Crippen LogP contribution in [-0.2, 0) is 0 Å². The van der Waals surface area contributed by atoms with Crippen LogP contribution in [0, 0.1) is 17.1 Å². The van der Waals surface area contributed by atoms with Crippen LogP contribution in [0.2, 0.25) is 0 Å². The van der Waals surface area contributed by atoms with E-state index in [0.29, 0.717) is 5.56 Å². The molecule has 0 aromatic heterocycles. The lowest BCUT2D eigenvalue weighted by Crippen LogP contribution is -2.08. The van der Waals surface area contributed by atoms with Gasteiger partial charge in [0.1, 0.15) is 17.6 Å². The third-order valence-electron chi connectivity index (χ3n) is 2.88. The van der Waals surface area contributed by atoms with Crippen LogP contribution in [0.1, 0.15) is 28.4 Å². The Hall–Kier alpha value is -2.93. The molecule has 4 heteroatoms. The van der Waals surface area contributed by atoms with Crippen molar-refractivity contribution in [3.8, 4) is 11.8 Å². The number of carbonyl (C=O) groups is 1. The first kappa shape index (κ1) is 14.5. The van der Waals surface area contributed by atoms with Gasteiger partial charge in [-0.15, -0.1) is 0 Å². The van der Waals surface area contributed by atoms with Gasteiger partial charge in [0.25, 0.3) is 0 Å². The van der Waals surface area contributed by atoms with E-state index >= 15 is 0 Å². The minimum absolute atomic E-state index is 0.0560. The standard InChI is InChI=1S/C17H12FNO2/c1-11(2)12-3-5-13(6-4-12)17(20)21-15-8-7-14(10-19)16(18)9-15/h3-9H,1H2,2H3. The largest absolute Gasteiger partial charge is 0.423 e. The van der Waals surface area contributed by atoms with Crippen LogP contribution in [0.4, 0.5) is 4.39 Å². The van der Waals surface area contributed by atoms with Gasteiger partial charge in [-0.05, 0) is 36.8 Å². The van der Waals surface area contributed by atoms with Crippen LogP contribution in [0.15, 0.2) is 49.0 Å². The maximum absolute atomic E-state index is 13.4. The van der Waals surface area contributed by atoms with Crippen LogP contribution in [-0.4, -0.2) is 5.97 Å². The Balaban J connectivity index is 2.16. The smallest absolute Gasteiger partial charge is 0.343 e. The van der Waals surface area contributed by atoms with Gasteiger partial charge in [0.2, 0.25) is 0 Å². The molecule has 0 heterocycles. The quantitative estimate of drug-likeness (QED) is 0.632. The maximum atomic E-state index is 13.4. The van der Waals surface area contributed by atoms with Crippen molar-refractivity contribution >= 4 is 11.5 Å². The number of esters is 1. The molecule has 0 N–H and O–H groups in total. The van der Waals surface area contributed by atoms with Crippen molar-refractivity contribution in [2.75, 3.05) is 0 Å². The molecule has 2 aromatic carbocycles. The topological polar surface area (TPSA) is 50.1 Å². The summed E-state index contributed by atoms with van der Waals surface area (Å²) in [4.78, 5) is 11.9. The average Bonchev–Trinajstić information content (AvgIpc) is 2.47. The van der Waals surface area contributed by atoms with E-state index in [4.69, 9.17) is 10.00 Å². The van der Waals surface area contributed by atoms with Gasteiger partial charge in [-0.3, -0.25) is 0 Å². The lowest BCUT2D eigenvalue weighted by atomic mass is 10.1. The molecule has 0 aliphatic carbocycles. The Morgan fingerprint density at radius 3 is 2.33 bits per heavy atom. The fourth-order valence-electron chi connectivity index (χ4n) is 1.71. The van der Waals surface area contributed by atoms with E-state index in [0.717, 1.165) is 17.2 Å². The Morgan fingerprint density at radius 2 is 1.81 bits per heavy atom. The van der Waals surface area contributed by atoms with Crippen molar-refractivity contribution in [3.63, 3.8) is 0 Å². The number of benzene rings is 2. The number of nitriles is 1. The normalized spacial score (nSPS) is 9.76. The second-order valence-corrected chi connectivity index (χ2v) is 4.50. The Bertz CT molecular complexity index is 742. The summed E-state index contributed by atoms with van der Waals surface area (Å²) in [5.41, 5.74) is 2.07. The highest BCUT2D eigenvalue weighted by Crippen LogP contribution is 2.18. The lowest BCUT2D eigenvalue weighted by molar-refractivity contribution is 0.0734. The molecule has 0 unspecified atom stereocenters. The molecular formula is C17H12FNO2. The number of ether oxygens (including phenoxy) is 1. The summed E-state index contributed by atoms with van der Waals surface area (Å²) in [5.74, 6) is -1.26. The van der Waals surface area contributed by atoms with Crippen molar-refractivity contribution in [3.05, 3.63) is 71.6 Å². The summed E-state index contributed by atoms with van der Waals surface area (Å²) >= 11 is 0. The van der Waals surface area contributed by atoms with Crippen molar-refractivity contribution in [1.29, 1.82) is 5.26 Å². The van der Waals surface area contributed by atoms with E-state index in [1.165, 1.54) is 12.1 Å². The molecule has 2 aromatic rings. The fourth-order valence-corrected chi connectivity index (χ4v) is 1.71. The zero-order valence-electron chi connectivity index (χ0n) is 11.4. The van der Waals surface area contributed by atoms with Gasteiger partial charge in [0.15, 0.2) is 0 Å². The summed E-state index contributed by atoms with van der Waals surface area (Å²) in [7, 11) is 0. The highest BCUT2D eigenvalue weighted by atomic mass is 19.1. The van der Waals surface area contributed by atoms with Gasteiger partial charge >= 0.3 is 5.97 Å². The van der Waals surface area contributed by atoms with Crippen molar-refractivity contribution in [1.82, 2.24) is 0 Å². The van der Waals surface area contributed by atoms with Crippen LogP contribution in [0.3, 0.4) is 0 Å². The molecule has 0 aliphatic rings. The fraction of sp³-hybridized carbons (Fsp3) is 0.0588. The SMILES string of the molecule is C=C(C)c1ccc(C(=O)Oc2ccc(C#N)c(F)c2)cc1. The highest BCUT2D eigenvalue weighted by molar-refractivity contribution is 5.91. The van der Waals surface area contributed by atoms with Gasteiger partial charge in [-0.1, -0.05) is 24.3 Å². The van der Waals surface area contributed by atoms with E-state index in [1.807, 2.05) is 6.92 Å². The number of nitrogens with zero attached hydrogens (tertiary/aromatic N) is 1. The minimum atomic E-state index is -0.722. The highest BCUT2D eigenvalue weighted by Gasteiger charge is 2.10. The number of halogens is 1. The van der Waals surface area contributed by atoms with Crippen LogP contribution in [0.25, 0.3) is 5.57 Å². The number of carbonyl (C=O) groups excluding carboxylic acids is 1. The lowest BCUT2D eigenvalue weighted by Gasteiger charge is -2.06. The minimum Gasteiger partial charge on any atom is -0.423 e. The van der Waals surface area contributed by atoms with Gasteiger partial charge < -0.3 is 4.74 Å². The molecule has 2 rings (SSSR count). The van der Waals surface area contributed by atoms with E-state index in [2.05, 4.69) is 6.58 Å². The van der Waals surface area contributed by atoms with Crippen molar-refractivity contribution in [2.45, 2.75) is 6.92 Å². The molecule has 104 valence electrons. The summed E-state index contributed by atoms with van der Waals surface area (Å²) in [5, 5.41) is 8.64. The zero-order chi connectivity index (χ0) is 15.4. The Morgan fingerprint density at radius 1 is 1.19 bits per heavy atom. The molecule has 0 radical (unpaired) electrons. The van der Waals surface area contributed by atoms with E-state index in [1.54, 1.807) is 30.3 Å². The number of hydrogen-bond donors (Lipinski definition) is 0. The molecule has 0 fully saturated rings. The van der Waals surface area contributed by atoms with Crippen molar-refractivity contribution in [2.24, 2.45) is 0 Å². The zero-order valence-corrected chi connectivity index (χ0v) is 11.4. The first-order valence-electron chi connectivity index (χ1n) is 6.19. The van der Waals surface area contributed by atoms with Crippen molar-refractivity contribution < 1.29 is 13.9 Å². The number of allylic oxidation sites excluding steroid dienone is 1. The van der Waals surface area contributed by atoms with E-state index in [-0.39, 0.29) is 11.3 Å². The summed E-state index contributed by atoms with van der Waals surface area (Å²) in [6.45, 7) is 5.68. The Labute approximate surface area is 121 Å². The summed E-state index contributed by atoms with van der Waals surface area (Å²) < 4.78 is 18.5. The summed E-state index contributed by atoms with van der Waals surface area (Å²) in [6, 6.07) is 12.1. The molecule has 0 bridgehead atoms. The van der Waals surface area contributed by atoms with Gasteiger partial charge in [-0.2, -0.15) is 5.26 Å². The second kappa shape index (κ2) is 6.02. The molecule has 0 atom stereocenters. The van der Waals surface area contributed by atoms with E-state index in [9.17, 15) is 9.18 Å². The van der Waals surface area contributed by atoms with Gasteiger partial charge in [0.05, 0.1) is 11.1 Å². The first-order valence-corrected chi connectivity index (χ1v) is 6.19. The average molecular weight is 281 g/mol. The molecule has 0 saturated heterocycles. The monoisotopic (exact) mass is 281 g/mol. The van der Waals surface area contributed by atoms with Crippen LogP contribution in [0.5, 0.6) is 5.75 Å². The number of hydrogen-bond acceptors (Lipinski definition) is 3. The Kier molecular flexibility index (Phi) is 4.15. The summed E-state index contributed by atoms with van der Waals surface area (Å²) in [6.07, 6.45) is 0. The van der Waals surface area contributed by atoms with Gasteiger partial charge in [0, 0.05) is 6.07 Å². The molecule has 0 saturated carbocycles. The second-order valence-electron chi connectivity index (χ2n) is 4.50. The van der Waals surface area contributed by atoms with E-state index < -0.39 is 11.8 Å². The molecular weight excluding hydrogens is 269 g/mol.